The van der Waals surface area contributed by atoms with Crippen molar-refractivity contribution in [2.75, 3.05) is 26.7 Å². The molecule has 0 spiro atoms. The third-order valence-corrected chi connectivity index (χ3v) is 3.24. The fraction of sp³-hybridized carbons (Fsp3) is 0.769. The number of piperidine rings is 1. The van der Waals surface area contributed by atoms with Crippen molar-refractivity contribution in [3.8, 4) is 0 Å². The van der Waals surface area contributed by atoms with Gasteiger partial charge >= 0.3 is 0 Å². The lowest BCUT2D eigenvalue weighted by Crippen LogP contribution is -2.48. The predicted molar refractivity (Wildman–Crippen MR) is 63.7 cm³/mol. The van der Waals surface area contributed by atoms with Crippen molar-refractivity contribution in [2.45, 2.75) is 39.5 Å². The van der Waals surface area contributed by atoms with Gasteiger partial charge in [0.25, 0.3) is 0 Å². The van der Waals surface area contributed by atoms with Crippen molar-refractivity contribution in [1.82, 2.24) is 0 Å². The van der Waals surface area contributed by atoms with Crippen LogP contribution in [0.25, 0.3) is 0 Å². The van der Waals surface area contributed by atoms with Gasteiger partial charge in [-0.2, -0.15) is 0 Å². The van der Waals surface area contributed by atoms with Gasteiger partial charge in [-0.05, 0) is 39.2 Å². The largest absolute Gasteiger partial charge is 0.326 e. The van der Waals surface area contributed by atoms with Gasteiger partial charge in [0.15, 0.2) is 5.78 Å². The molecular weight excluding hydrogens is 186 g/mol. The molecule has 0 aromatic rings. The van der Waals surface area contributed by atoms with E-state index in [-0.39, 0.29) is 0 Å². The van der Waals surface area contributed by atoms with Crippen LogP contribution in [0.15, 0.2) is 11.6 Å². The summed E-state index contributed by atoms with van der Waals surface area (Å²) < 4.78 is 1.10. The van der Waals surface area contributed by atoms with Crippen LogP contribution in [0.4, 0.5) is 0 Å². The zero-order valence-corrected chi connectivity index (χ0v) is 10.4. The lowest BCUT2D eigenvalue weighted by Gasteiger charge is -2.37. The van der Waals surface area contributed by atoms with Crippen LogP contribution >= 0.6 is 0 Å². The highest BCUT2D eigenvalue weighted by Crippen LogP contribution is 2.16. The van der Waals surface area contributed by atoms with E-state index in [1.165, 1.54) is 32.4 Å². The Morgan fingerprint density at radius 2 is 1.80 bits per heavy atom. The maximum absolute atomic E-state index is 11.6. The molecule has 0 aromatic heterocycles. The Morgan fingerprint density at radius 3 is 2.33 bits per heavy atom. The first-order chi connectivity index (χ1) is 7.02. The van der Waals surface area contributed by atoms with E-state index in [1.54, 1.807) is 6.08 Å². The van der Waals surface area contributed by atoms with Gasteiger partial charge in [0.2, 0.25) is 0 Å². The number of likely N-dealkylation sites (tertiary alicyclic amines) is 1. The first-order valence-electron chi connectivity index (χ1n) is 6.03. The smallest absolute Gasteiger partial charge is 0.161 e. The van der Waals surface area contributed by atoms with E-state index in [1.807, 2.05) is 13.8 Å². The summed E-state index contributed by atoms with van der Waals surface area (Å²) >= 11 is 0. The monoisotopic (exact) mass is 210 g/mol. The van der Waals surface area contributed by atoms with Gasteiger partial charge < -0.3 is 4.48 Å². The number of nitrogens with zero attached hydrogens (tertiary/aromatic N) is 1. The van der Waals surface area contributed by atoms with Crippen molar-refractivity contribution in [3.05, 3.63) is 11.6 Å². The molecule has 1 fully saturated rings. The van der Waals surface area contributed by atoms with E-state index in [9.17, 15) is 4.79 Å². The third kappa shape index (κ3) is 4.61. The molecule has 0 unspecified atom stereocenters. The molecule has 0 bridgehead atoms. The van der Waals surface area contributed by atoms with Crippen molar-refractivity contribution in [2.24, 2.45) is 0 Å². The zero-order chi connectivity index (χ0) is 11.3. The maximum atomic E-state index is 11.6. The third-order valence-electron chi connectivity index (χ3n) is 3.24. The fourth-order valence-electron chi connectivity index (χ4n) is 2.27. The van der Waals surface area contributed by atoms with Gasteiger partial charge in [0.05, 0.1) is 33.1 Å². The minimum atomic E-state index is 0.292. The molecule has 15 heavy (non-hydrogen) atoms. The molecule has 0 radical (unpaired) electrons. The van der Waals surface area contributed by atoms with E-state index < -0.39 is 0 Å². The second-order valence-corrected chi connectivity index (χ2v) is 5.29. The summed E-state index contributed by atoms with van der Waals surface area (Å²) in [6.45, 7) is 7.48. The molecule has 0 N–H and O–H groups in total. The molecule has 1 heterocycles. The van der Waals surface area contributed by atoms with Gasteiger partial charge in [-0.15, -0.1) is 0 Å². The van der Waals surface area contributed by atoms with E-state index >= 15 is 0 Å². The molecule has 0 aromatic carbocycles. The summed E-state index contributed by atoms with van der Waals surface area (Å²) in [5.74, 6) is 0.292. The number of carbonyl (C=O) groups excluding carboxylic acids is 1. The minimum absolute atomic E-state index is 0.292. The van der Waals surface area contributed by atoms with E-state index in [4.69, 9.17) is 0 Å². The number of hydrogen-bond acceptors (Lipinski definition) is 1. The van der Waals surface area contributed by atoms with Crippen LogP contribution in [-0.2, 0) is 4.79 Å². The molecule has 1 aliphatic rings. The number of rotatable bonds is 4. The van der Waals surface area contributed by atoms with Crippen molar-refractivity contribution < 1.29 is 9.28 Å². The molecule has 1 saturated heterocycles. The Kier molecular flexibility index (Phi) is 4.52. The van der Waals surface area contributed by atoms with E-state index in [2.05, 4.69) is 7.05 Å². The van der Waals surface area contributed by atoms with Crippen LogP contribution in [0.5, 0.6) is 0 Å². The molecule has 0 atom stereocenters. The van der Waals surface area contributed by atoms with Crippen molar-refractivity contribution in [3.63, 3.8) is 0 Å². The topological polar surface area (TPSA) is 17.1 Å². The Balaban J connectivity index is 2.35. The average molecular weight is 210 g/mol. The molecule has 0 aliphatic carbocycles. The first kappa shape index (κ1) is 12.4. The first-order valence-corrected chi connectivity index (χ1v) is 6.03. The second-order valence-electron chi connectivity index (χ2n) is 5.29. The van der Waals surface area contributed by atoms with Crippen LogP contribution in [0.2, 0.25) is 0 Å². The summed E-state index contributed by atoms with van der Waals surface area (Å²) in [6, 6.07) is 0. The number of quaternary nitrogens is 1. The summed E-state index contributed by atoms with van der Waals surface area (Å²) in [7, 11) is 2.29. The maximum Gasteiger partial charge on any atom is 0.161 e. The predicted octanol–water partition coefficient (Wildman–Crippen LogP) is 2.54. The standard InChI is InChI=1S/C13H24NO/c1-12(2)11-13(15)7-10-14(3)8-5-4-6-9-14/h11H,4-10H2,1-3H3/q+1. The molecule has 2 heteroatoms. The quantitative estimate of drug-likeness (QED) is 0.515. The highest BCUT2D eigenvalue weighted by atomic mass is 16.1. The summed E-state index contributed by atoms with van der Waals surface area (Å²) in [6.07, 6.45) is 6.51. The Hall–Kier alpha value is -0.630. The zero-order valence-electron chi connectivity index (χ0n) is 10.4. The normalized spacial score (nSPS) is 19.7. The van der Waals surface area contributed by atoms with Crippen molar-refractivity contribution >= 4 is 5.78 Å². The molecule has 0 amide bonds. The average Bonchev–Trinajstić information content (AvgIpc) is 2.15. The summed E-state index contributed by atoms with van der Waals surface area (Å²) in [5.41, 5.74) is 1.11. The number of hydrogen-bond donors (Lipinski definition) is 0. The van der Waals surface area contributed by atoms with Gasteiger partial charge in [-0.25, -0.2) is 0 Å². The molecule has 1 aliphatic heterocycles. The number of carbonyl (C=O) groups is 1. The minimum Gasteiger partial charge on any atom is -0.326 e. The lowest BCUT2D eigenvalue weighted by atomic mass is 10.1. The molecular formula is C13H24NO+. The van der Waals surface area contributed by atoms with Gasteiger partial charge in [0, 0.05) is 0 Å². The molecule has 86 valence electrons. The van der Waals surface area contributed by atoms with Gasteiger partial charge in [-0.3, -0.25) is 4.79 Å². The second kappa shape index (κ2) is 5.45. The Labute approximate surface area is 93.6 Å². The fourth-order valence-corrected chi connectivity index (χ4v) is 2.27. The van der Waals surface area contributed by atoms with Gasteiger partial charge in [-0.1, -0.05) is 5.57 Å². The van der Waals surface area contributed by atoms with Crippen LogP contribution in [0.3, 0.4) is 0 Å². The van der Waals surface area contributed by atoms with Crippen molar-refractivity contribution in [1.29, 1.82) is 0 Å². The number of ketones is 1. The highest BCUT2D eigenvalue weighted by Gasteiger charge is 2.24. The van der Waals surface area contributed by atoms with Crippen LogP contribution in [-0.4, -0.2) is 36.9 Å². The van der Waals surface area contributed by atoms with E-state index in [0.717, 1.165) is 16.6 Å². The summed E-state index contributed by atoms with van der Waals surface area (Å²) in [4.78, 5) is 11.6. The molecule has 2 nitrogen and oxygen atoms in total. The SMILES string of the molecule is CC(C)=CC(=O)CC[N+]1(C)CCCCC1. The molecule has 1 rings (SSSR count). The van der Waals surface area contributed by atoms with E-state index in [0.29, 0.717) is 12.2 Å². The van der Waals surface area contributed by atoms with Crippen LogP contribution in [0, 0.1) is 0 Å². The lowest BCUT2D eigenvalue weighted by molar-refractivity contribution is -0.913. The van der Waals surface area contributed by atoms with Crippen LogP contribution in [0.1, 0.15) is 39.5 Å². The van der Waals surface area contributed by atoms with Gasteiger partial charge in [0.1, 0.15) is 0 Å². The molecule has 0 saturated carbocycles. The summed E-state index contributed by atoms with van der Waals surface area (Å²) in [5, 5.41) is 0. The Morgan fingerprint density at radius 1 is 1.20 bits per heavy atom. The number of allylic oxidation sites excluding steroid dienone is 2. The highest BCUT2D eigenvalue weighted by molar-refractivity contribution is 5.90. The Bertz CT molecular complexity index is 245. The van der Waals surface area contributed by atoms with Crippen LogP contribution < -0.4 is 0 Å².